The third-order valence-electron chi connectivity index (χ3n) is 2.98. The molecule has 94 valence electrons. The van der Waals surface area contributed by atoms with Crippen LogP contribution in [0.25, 0.3) is 0 Å². The quantitative estimate of drug-likeness (QED) is 0.748. The number of carbonyl (C=O) groups excluding carboxylic acids is 1. The predicted molar refractivity (Wildman–Crippen MR) is 72.7 cm³/mol. The van der Waals surface area contributed by atoms with Gasteiger partial charge in [0.15, 0.2) is 0 Å². The third kappa shape index (κ3) is 5.53. The molecule has 0 unspecified atom stereocenters. The highest BCUT2D eigenvalue weighted by molar-refractivity contribution is 5.75. The first-order valence-electron chi connectivity index (χ1n) is 6.47. The third-order valence-corrected chi connectivity index (χ3v) is 2.98. The molecule has 2 heteroatoms. The zero-order valence-electron chi connectivity index (χ0n) is 10.9. The van der Waals surface area contributed by atoms with E-state index >= 15 is 0 Å². The second-order valence-electron chi connectivity index (χ2n) is 4.81. The topological polar surface area (TPSA) is 29.1 Å². The van der Waals surface area contributed by atoms with Crippen molar-refractivity contribution in [3.63, 3.8) is 0 Å². The van der Waals surface area contributed by atoms with Gasteiger partial charge < -0.3 is 5.32 Å². The molecule has 0 aromatic carbocycles. The van der Waals surface area contributed by atoms with Gasteiger partial charge in [-0.05, 0) is 19.3 Å². The maximum Gasteiger partial charge on any atom is 0.219 e. The first kappa shape index (κ1) is 13.8. The minimum Gasteiger partial charge on any atom is -0.356 e. The number of amides is 1. The van der Waals surface area contributed by atoms with E-state index in [1.807, 2.05) is 12.2 Å². The van der Waals surface area contributed by atoms with Crippen LogP contribution in [0.4, 0.5) is 0 Å². The fourth-order valence-electron chi connectivity index (χ4n) is 1.88. The Balaban J connectivity index is 2.28. The largest absolute Gasteiger partial charge is 0.356 e. The van der Waals surface area contributed by atoms with E-state index < -0.39 is 0 Å². The number of nitrogens with one attached hydrogen (secondary N) is 1. The van der Waals surface area contributed by atoms with Gasteiger partial charge in [-0.1, -0.05) is 50.3 Å². The summed E-state index contributed by atoms with van der Waals surface area (Å²) in [7, 11) is 0. The van der Waals surface area contributed by atoms with Gasteiger partial charge in [0.05, 0.1) is 0 Å². The number of rotatable bonds is 6. The molecule has 0 fully saturated rings. The van der Waals surface area contributed by atoms with Gasteiger partial charge in [-0.3, -0.25) is 4.79 Å². The van der Waals surface area contributed by atoms with E-state index in [9.17, 15) is 4.79 Å². The van der Waals surface area contributed by atoms with Gasteiger partial charge in [0, 0.05) is 18.4 Å². The fraction of sp³-hybridized carbons (Fsp3) is 0.533. The van der Waals surface area contributed by atoms with Crippen LogP contribution < -0.4 is 5.32 Å². The first-order chi connectivity index (χ1) is 8.16. The lowest BCUT2D eigenvalue weighted by molar-refractivity contribution is -0.121. The summed E-state index contributed by atoms with van der Waals surface area (Å²) >= 11 is 0. The Labute approximate surface area is 104 Å². The smallest absolute Gasteiger partial charge is 0.219 e. The summed E-state index contributed by atoms with van der Waals surface area (Å²) in [6.07, 6.45) is 16.2. The van der Waals surface area contributed by atoms with Crippen molar-refractivity contribution in [1.82, 2.24) is 5.32 Å². The maximum absolute atomic E-state index is 11.5. The number of hydrogen-bond donors (Lipinski definition) is 1. The predicted octanol–water partition coefficient (Wildman–Crippen LogP) is 3.37. The van der Waals surface area contributed by atoms with Crippen LogP contribution in [0.2, 0.25) is 0 Å². The summed E-state index contributed by atoms with van der Waals surface area (Å²) in [4.78, 5) is 11.5. The summed E-state index contributed by atoms with van der Waals surface area (Å²) in [5.74, 6) is 0.176. The standard InChI is InChI=1S/C15H23NO/c1-3-13-16-14(17)9-8-12-15(2)10-6-4-5-7-11-15/h4-7,10-11H,3,8-9,12-13H2,1-2H3,(H,16,17). The molecule has 0 heterocycles. The lowest BCUT2D eigenvalue weighted by atomic mass is 9.84. The number of carbonyl (C=O) groups is 1. The highest BCUT2D eigenvalue weighted by Crippen LogP contribution is 2.28. The van der Waals surface area contributed by atoms with Crippen LogP contribution in [0.15, 0.2) is 36.5 Å². The second-order valence-corrected chi connectivity index (χ2v) is 4.81. The molecule has 0 spiro atoms. The Morgan fingerprint density at radius 2 is 1.82 bits per heavy atom. The maximum atomic E-state index is 11.5. The average molecular weight is 233 g/mol. The summed E-state index contributed by atoms with van der Waals surface area (Å²) in [6, 6.07) is 0. The Hall–Kier alpha value is -1.31. The van der Waals surface area contributed by atoms with Crippen LogP contribution in [-0.4, -0.2) is 12.5 Å². The lowest BCUT2D eigenvalue weighted by Crippen LogP contribution is -2.24. The highest BCUT2D eigenvalue weighted by Gasteiger charge is 2.17. The molecule has 1 N–H and O–H groups in total. The molecule has 1 aliphatic carbocycles. The Morgan fingerprint density at radius 3 is 2.41 bits per heavy atom. The van der Waals surface area contributed by atoms with Gasteiger partial charge in [-0.15, -0.1) is 0 Å². The molecule has 0 saturated carbocycles. The minimum absolute atomic E-state index is 0.0918. The molecule has 1 aliphatic rings. The van der Waals surface area contributed by atoms with Gasteiger partial charge in [0.1, 0.15) is 0 Å². The summed E-state index contributed by atoms with van der Waals surface area (Å²) in [6.45, 7) is 5.06. The normalized spacial score (nSPS) is 16.8. The van der Waals surface area contributed by atoms with Crippen molar-refractivity contribution < 1.29 is 4.79 Å². The van der Waals surface area contributed by atoms with E-state index in [0.29, 0.717) is 6.42 Å². The molecule has 0 bridgehead atoms. The Bertz CT molecular complexity index is 310. The molecule has 0 saturated heterocycles. The van der Waals surface area contributed by atoms with E-state index in [1.54, 1.807) is 0 Å². The van der Waals surface area contributed by atoms with Crippen LogP contribution in [-0.2, 0) is 4.79 Å². The zero-order valence-corrected chi connectivity index (χ0v) is 10.9. The van der Waals surface area contributed by atoms with Gasteiger partial charge in [0.2, 0.25) is 5.91 Å². The molecule has 17 heavy (non-hydrogen) atoms. The van der Waals surface area contributed by atoms with Crippen molar-refractivity contribution in [2.45, 2.75) is 39.5 Å². The first-order valence-corrected chi connectivity index (χ1v) is 6.47. The molecule has 0 aliphatic heterocycles. The molecule has 0 aromatic heterocycles. The molecular formula is C15H23NO. The molecular weight excluding hydrogens is 210 g/mol. The van der Waals surface area contributed by atoms with Crippen molar-refractivity contribution in [3.05, 3.63) is 36.5 Å². The number of hydrogen-bond acceptors (Lipinski definition) is 1. The molecule has 0 atom stereocenters. The summed E-state index contributed by atoms with van der Waals surface area (Å²) < 4.78 is 0. The fourth-order valence-corrected chi connectivity index (χ4v) is 1.88. The van der Waals surface area contributed by atoms with Crippen molar-refractivity contribution in [3.8, 4) is 0 Å². The van der Waals surface area contributed by atoms with Crippen molar-refractivity contribution >= 4 is 5.91 Å². The van der Waals surface area contributed by atoms with Crippen molar-refractivity contribution in [2.75, 3.05) is 6.54 Å². The van der Waals surface area contributed by atoms with E-state index in [-0.39, 0.29) is 11.3 Å². The van der Waals surface area contributed by atoms with E-state index in [2.05, 4.69) is 43.5 Å². The van der Waals surface area contributed by atoms with E-state index in [0.717, 1.165) is 25.8 Å². The molecule has 0 aromatic rings. The second kappa shape index (κ2) is 7.10. The SMILES string of the molecule is CCCNC(=O)CCCC1(C)C=CC=CC=C1. The zero-order chi connectivity index (χ0) is 12.6. The lowest BCUT2D eigenvalue weighted by Gasteiger charge is -2.21. The highest BCUT2D eigenvalue weighted by atomic mass is 16.1. The van der Waals surface area contributed by atoms with Crippen LogP contribution in [0.1, 0.15) is 39.5 Å². The average Bonchev–Trinajstić information content (AvgIpc) is 2.52. The van der Waals surface area contributed by atoms with Crippen LogP contribution >= 0.6 is 0 Å². The molecule has 2 nitrogen and oxygen atoms in total. The summed E-state index contributed by atoms with van der Waals surface area (Å²) in [5.41, 5.74) is 0.0918. The van der Waals surface area contributed by atoms with Crippen LogP contribution in [0.3, 0.4) is 0 Å². The van der Waals surface area contributed by atoms with E-state index in [1.165, 1.54) is 0 Å². The Kier molecular flexibility index (Phi) is 5.75. The minimum atomic E-state index is 0.0918. The van der Waals surface area contributed by atoms with Crippen molar-refractivity contribution in [2.24, 2.45) is 5.41 Å². The molecule has 0 radical (unpaired) electrons. The molecule has 1 amide bonds. The van der Waals surface area contributed by atoms with Gasteiger partial charge in [-0.2, -0.15) is 0 Å². The van der Waals surface area contributed by atoms with Crippen LogP contribution in [0.5, 0.6) is 0 Å². The Morgan fingerprint density at radius 1 is 1.18 bits per heavy atom. The van der Waals surface area contributed by atoms with Gasteiger partial charge >= 0.3 is 0 Å². The van der Waals surface area contributed by atoms with Crippen molar-refractivity contribution in [1.29, 1.82) is 0 Å². The van der Waals surface area contributed by atoms with Gasteiger partial charge in [-0.25, -0.2) is 0 Å². The number of allylic oxidation sites excluding steroid dienone is 6. The van der Waals surface area contributed by atoms with E-state index in [4.69, 9.17) is 0 Å². The van der Waals surface area contributed by atoms with Gasteiger partial charge in [0.25, 0.3) is 0 Å². The summed E-state index contributed by atoms with van der Waals surface area (Å²) in [5, 5.41) is 2.91. The monoisotopic (exact) mass is 233 g/mol. The van der Waals surface area contributed by atoms with Crippen LogP contribution in [0, 0.1) is 5.41 Å². The molecule has 1 rings (SSSR count).